The number of allylic oxidation sites excluding steroid dienone is 1. The lowest BCUT2D eigenvalue weighted by Crippen LogP contribution is -2.24. The van der Waals surface area contributed by atoms with Crippen LogP contribution in [0.25, 0.3) is 0 Å². The number of benzene rings is 1. The Morgan fingerprint density at radius 3 is 2.50 bits per heavy atom. The molecule has 2 atom stereocenters. The van der Waals surface area contributed by atoms with E-state index in [0.717, 1.165) is 16.9 Å². The van der Waals surface area contributed by atoms with Gasteiger partial charge in [0.2, 0.25) is 0 Å². The summed E-state index contributed by atoms with van der Waals surface area (Å²) in [6.07, 6.45) is 4.40. The summed E-state index contributed by atoms with van der Waals surface area (Å²) in [5, 5.41) is 10.0. The molecule has 1 aromatic heterocycles. The minimum atomic E-state index is -0.976. The topological polar surface area (TPSA) is 76.7 Å². The maximum absolute atomic E-state index is 12.3. The first-order valence-electron chi connectivity index (χ1n) is 9.32. The Morgan fingerprint density at radius 1 is 1.21 bits per heavy atom. The lowest BCUT2D eigenvalue weighted by Gasteiger charge is -2.14. The molecule has 1 fully saturated rings. The molecule has 0 radical (unpaired) electrons. The average molecular weight is 382 g/mol. The van der Waals surface area contributed by atoms with Crippen LogP contribution in [0.15, 0.2) is 58.7 Å². The van der Waals surface area contributed by atoms with E-state index in [1.165, 1.54) is 7.11 Å². The Morgan fingerprint density at radius 2 is 1.89 bits per heavy atom. The molecule has 5 heteroatoms. The molecule has 5 nitrogen and oxygen atoms in total. The fourth-order valence-corrected chi connectivity index (χ4v) is 4.28. The third-order valence-corrected chi connectivity index (χ3v) is 6.09. The van der Waals surface area contributed by atoms with Gasteiger partial charge < -0.3 is 14.3 Å². The Kier molecular flexibility index (Phi) is 5.20. The molecule has 28 heavy (non-hydrogen) atoms. The highest BCUT2D eigenvalue weighted by Crippen LogP contribution is 2.71. The molecular weight excluding hydrogens is 356 g/mol. The number of esters is 1. The van der Waals surface area contributed by atoms with Crippen LogP contribution in [0.2, 0.25) is 0 Å². The normalized spacial score (nSPS) is 23.3. The predicted molar refractivity (Wildman–Crippen MR) is 105 cm³/mol. The Bertz CT molecular complexity index is 906. The molecule has 0 saturated heterocycles. The average Bonchev–Trinajstić information content (AvgIpc) is 2.95. The van der Waals surface area contributed by atoms with Crippen molar-refractivity contribution < 1.29 is 23.8 Å². The van der Waals surface area contributed by atoms with Crippen molar-refractivity contribution in [1.82, 2.24) is 0 Å². The van der Waals surface area contributed by atoms with Gasteiger partial charge >= 0.3 is 11.9 Å². The highest BCUT2D eigenvalue weighted by molar-refractivity contribution is 5.89. The monoisotopic (exact) mass is 382 g/mol. The molecule has 1 N–H and O–H groups in total. The van der Waals surface area contributed by atoms with E-state index in [1.54, 1.807) is 19.3 Å². The van der Waals surface area contributed by atoms with Gasteiger partial charge in [-0.15, -0.1) is 0 Å². The van der Waals surface area contributed by atoms with Crippen LogP contribution in [0.5, 0.6) is 0 Å². The number of carboxylic acids is 1. The van der Waals surface area contributed by atoms with Crippen molar-refractivity contribution in [3.63, 3.8) is 0 Å². The summed E-state index contributed by atoms with van der Waals surface area (Å²) >= 11 is 0. The molecule has 3 rings (SSSR count). The molecule has 2 aromatic rings. The van der Waals surface area contributed by atoms with Crippen LogP contribution in [0.4, 0.5) is 0 Å². The highest BCUT2D eigenvalue weighted by Gasteiger charge is 2.74. The van der Waals surface area contributed by atoms with Gasteiger partial charge in [-0.05, 0) is 36.0 Å². The SMILES string of the molecule is COC(=O)C(C)=C[C@@H]1C(C)(C)[C@]1(Cc1coc(Cc2ccccc2)c1)C(=O)O. The quantitative estimate of drug-likeness (QED) is 0.572. The lowest BCUT2D eigenvalue weighted by atomic mass is 9.89. The number of carboxylic acid groups (broad SMARTS) is 1. The van der Waals surface area contributed by atoms with E-state index in [2.05, 4.69) is 0 Å². The minimum absolute atomic E-state index is 0.260. The van der Waals surface area contributed by atoms with Gasteiger partial charge in [-0.1, -0.05) is 50.3 Å². The molecule has 0 spiro atoms. The Labute approximate surface area is 165 Å². The number of methoxy groups -OCH3 is 1. The van der Waals surface area contributed by atoms with Crippen molar-refractivity contribution in [2.45, 2.75) is 33.6 Å². The summed E-state index contributed by atoms with van der Waals surface area (Å²) < 4.78 is 10.4. The Hall–Kier alpha value is -2.82. The number of aliphatic carboxylic acids is 1. The van der Waals surface area contributed by atoms with E-state index in [4.69, 9.17) is 9.15 Å². The van der Waals surface area contributed by atoms with Crippen LogP contribution >= 0.6 is 0 Å². The van der Waals surface area contributed by atoms with Gasteiger partial charge in [-0.3, -0.25) is 4.79 Å². The van der Waals surface area contributed by atoms with Crippen LogP contribution in [-0.4, -0.2) is 24.2 Å². The summed E-state index contributed by atoms with van der Waals surface area (Å²) in [5.41, 5.74) is 0.965. The summed E-state index contributed by atoms with van der Waals surface area (Å²) in [4.78, 5) is 24.0. The van der Waals surface area contributed by atoms with Gasteiger partial charge in [0.1, 0.15) is 5.76 Å². The maximum atomic E-state index is 12.3. The van der Waals surface area contributed by atoms with Crippen LogP contribution in [0, 0.1) is 16.7 Å². The first-order valence-corrected chi connectivity index (χ1v) is 9.32. The molecule has 1 saturated carbocycles. The first-order chi connectivity index (χ1) is 13.2. The van der Waals surface area contributed by atoms with Gasteiger partial charge in [0.05, 0.1) is 18.8 Å². The lowest BCUT2D eigenvalue weighted by molar-refractivity contribution is -0.145. The molecule has 148 valence electrons. The smallest absolute Gasteiger partial charge is 0.333 e. The maximum Gasteiger partial charge on any atom is 0.333 e. The fraction of sp³-hybridized carbons (Fsp3) is 0.391. The van der Waals surface area contributed by atoms with Crippen molar-refractivity contribution in [2.75, 3.05) is 7.11 Å². The molecule has 1 aliphatic carbocycles. The molecule has 1 aliphatic rings. The zero-order valence-electron chi connectivity index (χ0n) is 16.7. The molecular formula is C23H26O5. The van der Waals surface area contributed by atoms with Gasteiger partial charge in [-0.25, -0.2) is 4.79 Å². The van der Waals surface area contributed by atoms with E-state index in [9.17, 15) is 14.7 Å². The molecule has 0 amide bonds. The van der Waals surface area contributed by atoms with Crippen LogP contribution in [0.3, 0.4) is 0 Å². The van der Waals surface area contributed by atoms with E-state index in [0.29, 0.717) is 18.4 Å². The predicted octanol–water partition coefficient (Wildman–Crippen LogP) is 4.26. The second-order valence-corrected chi connectivity index (χ2v) is 8.08. The largest absolute Gasteiger partial charge is 0.481 e. The summed E-state index contributed by atoms with van der Waals surface area (Å²) in [6.45, 7) is 5.51. The number of furan rings is 1. The van der Waals surface area contributed by atoms with Crippen molar-refractivity contribution in [2.24, 2.45) is 16.7 Å². The minimum Gasteiger partial charge on any atom is -0.481 e. The number of hydrogen-bond donors (Lipinski definition) is 1. The molecule has 1 aromatic carbocycles. The molecule has 1 heterocycles. The molecule has 0 unspecified atom stereocenters. The summed E-state index contributed by atoms with van der Waals surface area (Å²) in [7, 11) is 1.32. The number of ether oxygens (including phenoxy) is 1. The number of rotatable bonds is 7. The standard InChI is InChI=1S/C23H26O5/c1-15(20(24)27-4)10-19-22(2,3)23(19,21(25)26)13-17-12-18(28-14-17)11-16-8-6-5-7-9-16/h5-10,12,14,19H,11,13H2,1-4H3,(H,25,26)/t19-,23+/m1/s1. The second kappa shape index (κ2) is 7.30. The van der Waals surface area contributed by atoms with E-state index in [-0.39, 0.29) is 5.92 Å². The van der Waals surface area contributed by atoms with Crippen LogP contribution < -0.4 is 0 Å². The van der Waals surface area contributed by atoms with Crippen molar-refractivity contribution in [1.29, 1.82) is 0 Å². The number of hydrogen-bond acceptors (Lipinski definition) is 4. The summed E-state index contributed by atoms with van der Waals surface area (Å²) in [5.74, 6) is -0.750. The first kappa shape index (κ1) is 19.9. The van der Waals surface area contributed by atoms with Crippen LogP contribution in [-0.2, 0) is 27.2 Å². The zero-order chi connectivity index (χ0) is 20.5. The van der Waals surface area contributed by atoms with Gasteiger partial charge in [-0.2, -0.15) is 0 Å². The molecule has 0 bridgehead atoms. The van der Waals surface area contributed by atoms with Crippen LogP contribution in [0.1, 0.15) is 37.7 Å². The molecule has 0 aliphatic heterocycles. The van der Waals surface area contributed by atoms with Gasteiger partial charge in [0, 0.05) is 17.9 Å². The summed E-state index contributed by atoms with van der Waals surface area (Å²) in [6, 6.07) is 11.9. The fourth-order valence-electron chi connectivity index (χ4n) is 4.28. The van der Waals surface area contributed by atoms with Gasteiger partial charge in [0.25, 0.3) is 0 Å². The zero-order valence-corrected chi connectivity index (χ0v) is 16.7. The van der Waals surface area contributed by atoms with Crippen molar-refractivity contribution >= 4 is 11.9 Å². The third kappa shape index (κ3) is 3.37. The number of carbonyl (C=O) groups is 2. The number of carbonyl (C=O) groups excluding carboxylic acids is 1. The second-order valence-electron chi connectivity index (χ2n) is 8.08. The Balaban J connectivity index is 1.82. The highest BCUT2D eigenvalue weighted by atomic mass is 16.5. The van der Waals surface area contributed by atoms with Crippen molar-refractivity contribution in [3.8, 4) is 0 Å². The van der Waals surface area contributed by atoms with Crippen molar-refractivity contribution in [3.05, 3.63) is 71.2 Å². The third-order valence-electron chi connectivity index (χ3n) is 6.09. The van der Waals surface area contributed by atoms with E-state index >= 15 is 0 Å². The van der Waals surface area contributed by atoms with E-state index in [1.807, 2.05) is 50.2 Å². The van der Waals surface area contributed by atoms with Gasteiger partial charge in [0.15, 0.2) is 0 Å². The van der Waals surface area contributed by atoms with E-state index < -0.39 is 22.8 Å².